The number of amides is 1. The third-order valence-electron chi connectivity index (χ3n) is 7.99. The molecular weight excluding hydrogens is 400 g/mol. The van der Waals surface area contributed by atoms with Crippen molar-refractivity contribution < 1.29 is 9.90 Å². The van der Waals surface area contributed by atoms with E-state index >= 15 is 0 Å². The van der Waals surface area contributed by atoms with Gasteiger partial charge in [-0.1, -0.05) is 30.3 Å². The number of anilines is 1. The third kappa shape index (κ3) is 3.04. The molecule has 2 fully saturated rings. The van der Waals surface area contributed by atoms with Crippen molar-refractivity contribution in [2.24, 2.45) is 11.8 Å². The topological polar surface area (TPSA) is 70.4 Å². The number of aryl methyl sites for hydroxylation is 1. The fourth-order valence-electron chi connectivity index (χ4n) is 6.45. The maximum atomic E-state index is 12.0. The van der Waals surface area contributed by atoms with Gasteiger partial charge in [-0.05, 0) is 68.7 Å². The van der Waals surface area contributed by atoms with Gasteiger partial charge in [-0.3, -0.25) is 4.90 Å². The summed E-state index contributed by atoms with van der Waals surface area (Å²) < 4.78 is 2.52. The van der Waals surface area contributed by atoms with Gasteiger partial charge in [0.15, 0.2) is 0 Å². The summed E-state index contributed by atoms with van der Waals surface area (Å²) in [5.74, 6) is 2.51. The van der Waals surface area contributed by atoms with E-state index in [-0.39, 0.29) is 6.04 Å². The van der Waals surface area contributed by atoms with Gasteiger partial charge >= 0.3 is 6.09 Å². The Morgan fingerprint density at radius 2 is 1.97 bits per heavy atom. The summed E-state index contributed by atoms with van der Waals surface area (Å²) >= 11 is 0. The van der Waals surface area contributed by atoms with Crippen LogP contribution in [0.5, 0.6) is 0 Å². The van der Waals surface area contributed by atoms with Crippen LogP contribution >= 0.6 is 0 Å². The predicted molar refractivity (Wildman–Crippen MR) is 125 cm³/mol. The van der Waals surface area contributed by atoms with E-state index in [1.165, 1.54) is 28.8 Å². The average Bonchev–Trinajstić information content (AvgIpc) is 3.48. The molecule has 6 heteroatoms. The van der Waals surface area contributed by atoms with E-state index in [0.717, 1.165) is 60.9 Å². The van der Waals surface area contributed by atoms with E-state index in [1.807, 2.05) is 13.0 Å². The van der Waals surface area contributed by atoms with Gasteiger partial charge in [-0.25, -0.2) is 9.78 Å². The summed E-state index contributed by atoms with van der Waals surface area (Å²) in [7, 11) is 0. The molecule has 0 spiro atoms. The predicted octanol–water partition coefficient (Wildman–Crippen LogP) is 4.62. The molecule has 2 aromatic carbocycles. The molecule has 1 saturated carbocycles. The number of carboxylic acid groups (broad SMARTS) is 1. The molecule has 166 valence electrons. The Bertz CT molecular complexity index is 1170. The second-order valence-electron chi connectivity index (χ2n) is 9.76. The summed E-state index contributed by atoms with van der Waals surface area (Å²) in [5, 5.41) is 13.5. The lowest BCUT2D eigenvalue weighted by atomic mass is 9.95. The van der Waals surface area contributed by atoms with E-state index in [1.54, 1.807) is 0 Å². The molecule has 32 heavy (non-hydrogen) atoms. The molecule has 3 heterocycles. The second-order valence-corrected chi connectivity index (χ2v) is 9.76. The molecule has 3 aromatic rings. The zero-order valence-corrected chi connectivity index (χ0v) is 18.5. The highest BCUT2D eigenvalue weighted by Crippen LogP contribution is 2.45. The summed E-state index contributed by atoms with van der Waals surface area (Å²) in [6, 6.07) is 15.1. The van der Waals surface area contributed by atoms with Gasteiger partial charge in [-0.15, -0.1) is 0 Å². The van der Waals surface area contributed by atoms with Crippen LogP contribution in [-0.2, 0) is 12.8 Å². The normalized spacial score (nSPS) is 27.0. The number of carbonyl (C=O) groups is 1. The van der Waals surface area contributed by atoms with Gasteiger partial charge in [0.05, 0.1) is 16.7 Å². The van der Waals surface area contributed by atoms with Crippen molar-refractivity contribution in [3.63, 3.8) is 0 Å². The van der Waals surface area contributed by atoms with Crippen LogP contribution in [0.25, 0.3) is 11.0 Å². The minimum absolute atomic E-state index is 0.0107. The minimum atomic E-state index is -0.877. The first-order chi connectivity index (χ1) is 15.6. The number of nitrogens with zero attached hydrogens (tertiary/aromatic N) is 3. The van der Waals surface area contributed by atoms with Crippen LogP contribution in [0.3, 0.4) is 0 Å². The lowest BCUT2D eigenvalue weighted by Gasteiger charge is -2.33. The van der Waals surface area contributed by atoms with Crippen LogP contribution in [0.1, 0.15) is 49.2 Å². The molecule has 3 aliphatic rings. The maximum absolute atomic E-state index is 12.0. The van der Waals surface area contributed by atoms with Crippen molar-refractivity contribution in [1.82, 2.24) is 14.9 Å². The van der Waals surface area contributed by atoms with Crippen LogP contribution < -0.4 is 10.2 Å². The number of hydrogen-bond acceptors (Lipinski definition) is 3. The molecule has 2 N–H and O–H groups in total. The fourth-order valence-corrected chi connectivity index (χ4v) is 6.45. The zero-order chi connectivity index (χ0) is 21.8. The highest BCUT2D eigenvalue weighted by molar-refractivity contribution is 5.94. The number of hydrogen-bond donors (Lipinski definition) is 2. The van der Waals surface area contributed by atoms with Crippen LogP contribution in [-0.4, -0.2) is 39.9 Å². The Hall–Kier alpha value is -2.86. The largest absolute Gasteiger partial charge is 0.465 e. The smallest absolute Gasteiger partial charge is 0.412 e. The van der Waals surface area contributed by atoms with Crippen LogP contribution in [0.2, 0.25) is 0 Å². The number of nitrogens with one attached hydrogen (secondary N) is 1. The lowest BCUT2D eigenvalue weighted by molar-refractivity contribution is 0.198. The summed E-state index contributed by atoms with van der Waals surface area (Å²) in [5.41, 5.74) is 5.34. The first-order valence-electron chi connectivity index (χ1n) is 11.9. The summed E-state index contributed by atoms with van der Waals surface area (Å²) in [6.45, 7) is 4.20. The van der Waals surface area contributed by atoms with Gasteiger partial charge < -0.3 is 15.0 Å². The Balaban J connectivity index is 1.52. The Morgan fingerprint density at radius 3 is 2.78 bits per heavy atom. The molecule has 0 radical (unpaired) electrons. The van der Waals surface area contributed by atoms with Crippen molar-refractivity contribution in [3.8, 4) is 0 Å². The SMILES string of the molecule is C[C@H]1CCc2c(ccc3c2nc(Cc2ccccc2)n3[C@@H]2CC[C@H]3CNC[C@H]32)N1C(=O)O. The molecule has 4 atom stereocenters. The minimum Gasteiger partial charge on any atom is -0.465 e. The Labute approximate surface area is 188 Å². The number of aromatic nitrogens is 2. The van der Waals surface area contributed by atoms with Gasteiger partial charge in [-0.2, -0.15) is 0 Å². The lowest BCUT2D eigenvalue weighted by Crippen LogP contribution is -2.41. The van der Waals surface area contributed by atoms with Gasteiger partial charge in [0.25, 0.3) is 0 Å². The third-order valence-corrected chi connectivity index (χ3v) is 7.99. The number of benzene rings is 2. The zero-order valence-electron chi connectivity index (χ0n) is 18.5. The maximum Gasteiger partial charge on any atom is 0.412 e. The monoisotopic (exact) mass is 430 g/mol. The van der Waals surface area contributed by atoms with Crippen molar-refractivity contribution in [3.05, 3.63) is 59.4 Å². The fraction of sp³-hybridized carbons (Fsp3) is 0.462. The molecule has 2 aliphatic heterocycles. The van der Waals surface area contributed by atoms with Crippen molar-refractivity contribution in [1.29, 1.82) is 0 Å². The molecule has 0 unspecified atom stereocenters. The van der Waals surface area contributed by atoms with E-state index < -0.39 is 6.09 Å². The van der Waals surface area contributed by atoms with Gasteiger partial charge in [0.1, 0.15) is 5.82 Å². The molecule has 1 aromatic heterocycles. The van der Waals surface area contributed by atoms with Gasteiger partial charge in [0.2, 0.25) is 0 Å². The molecule has 1 aliphatic carbocycles. The second kappa shape index (κ2) is 7.62. The van der Waals surface area contributed by atoms with E-state index in [0.29, 0.717) is 12.0 Å². The molecule has 6 nitrogen and oxygen atoms in total. The van der Waals surface area contributed by atoms with Crippen molar-refractivity contribution >= 4 is 22.8 Å². The van der Waals surface area contributed by atoms with E-state index in [9.17, 15) is 9.90 Å². The highest BCUT2D eigenvalue weighted by atomic mass is 16.4. The Kier molecular flexibility index (Phi) is 4.72. The molecule has 0 bridgehead atoms. The van der Waals surface area contributed by atoms with E-state index in [2.05, 4.69) is 46.3 Å². The van der Waals surface area contributed by atoms with Crippen LogP contribution in [0, 0.1) is 11.8 Å². The van der Waals surface area contributed by atoms with Crippen molar-refractivity contribution in [2.45, 2.75) is 51.1 Å². The molecule has 1 amide bonds. The van der Waals surface area contributed by atoms with E-state index in [4.69, 9.17) is 4.98 Å². The van der Waals surface area contributed by atoms with Gasteiger partial charge in [0, 0.05) is 30.6 Å². The highest BCUT2D eigenvalue weighted by Gasteiger charge is 2.41. The Morgan fingerprint density at radius 1 is 1.12 bits per heavy atom. The average molecular weight is 431 g/mol. The first kappa shape index (κ1) is 19.8. The first-order valence-corrected chi connectivity index (χ1v) is 11.9. The molecule has 1 saturated heterocycles. The number of imidazole rings is 1. The van der Waals surface area contributed by atoms with Crippen molar-refractivity contribution in [2.75, 3.05) is 18.0 Å². The molecule has 6 rings (SSSR count). The standard InChI is InChI=1S/C26H30N4O2/c1-16-7-9-19-21(29(16)26(31)32)11-12-23-25(19)28-24(13-17-5-3-2-4-6-17)30(23)22-10-8-18-14-27-15-20(18)22/h2-6,11-12,16,18,20,22,27H,7-10,13-15H2,1H3,(H,31,32)/t16-,18-,20+,22+/m0/s1. The number of fused-ring (bicyclic) bond motifs is 4. The van der Waals surface area contributed by atoms with Crippen LogP contribution in [0.15, 0.2) is 42.5 Å². The summed E-state index contributed by atoms with van der Waals surface area (Å²) in [4.78, 5) is 18.8. The number of rotatable bonds is 3. The van der Waals surface area contributed by atoms with Crippen LogP contribution in [0.4, 0.5) is 10.5 Å². The quantitative estimate of drug-likeness (QED) is 0.636. The summed E-state index contributed by atoms with van der Waals surface area (Å²) in [6.07, 6.45) is 4.08. The molecular formula is C26H30N4O2.